The predicted molar refractivity (Wildman–Crippen MR) is 56.1 cm³/mol. The van der Waals surface area contributed by atoms with Gasteiger partial charge in [0.25, 0.3) is 5.69 Å². The molecule has 0 unspecified atom stereocenters. The van der Waals surface area contributed by atoms with Crippen LogP contribution in [0.4, 0.5) is 5.69 Å². The highest BCUT2D eigenvalue weighted by molar-refractivity contribution is 9.10. The molecule has 2 rings (SSSR count). The summed E-state index contributed by atoms with van der Waals surface area (Å²) in [5, 5.41) is 11.3. The van der Waals surface area contributed by atoms with Crippen molar-refractivity contribution in [3.05, 3.63) is 45.0 Å². The highest BCUT2D eigenvalue weighted by Crippen LogP contribution is 2.27. The Morgan fingerprint density at radius 3 is 2.93 bits per heavy atom. The Kier molecular flexibility index (Phi) is 2.17. The third-order valence-corrected chi connectivity index (χ3v) is 2.46. The van der Waals surface area contributed by atoms with Gasteiger partial charge >= 0.3 is 0 Å². The molecule has 5 heteroatoms. The topological polar surface area (TPSA) is 56.0 Å². The van der Waals surface area contributed by atoms with Crippen LogP contribution in [0, 0.1) is 10.1 Å². The molecule has 0 N–H and O–H groups in total. The average molecular weight is 253 g/mol. The van der Waals surface area contributed by atoms with Gasteiger partial charge in [-0.1, -0.05) is 6.07 Å². The maximum atomic E-state index is 10.6. The highest BCUT2D eigenvalue weighted by Gasteiger charge is 2.09. The summed E-state index contributed by atoms with van der Waals surface area (Å²) in [6, 6.07) is 6.50. The zero-order chi connectivity index (χ0) is 10.1. The van der Waals surface area contributed by atoms with Crippen LogP contribution < -0.4 is 0 Å². The predicted octanol–water partition coefficient (Wildman–Crippen LogP) is 2.91. The van der Waals surface area contributed by atoms with Crippen molar-refractivity contribution >= 4 is 32.5 Å². The molecule has 14 heavy (non-hydrogen) atoms. The quantitative estimate of drug-likeness (QED) is 0.579. The molecule has 0 aliphatic heterocycles. The smallest absolute Gasteiger partial charge is 0.258 e. The summed E-state index contributed by atoms with van der Waals surface area (Å²) < 4.78 is 0.641. The number of halogens is 1. The first kappa shape index (κ1) is 9.08. The number of fused-ring (bicyclic) bond motifs is 1. The van der Waals surface area contributed by atoms with Crippen molar-refractivity contribution in [3.63, 3.8) is 0 Å². The highest BCUT2D eigenvalue weighted by atomic mass is 79.9. The summed E-state index contributed by atoms with van der Waals surface area (Å²) in [6.07, 6.45) is 1.65. The minimum absolute atomic E-state index is 0.0670. The Labute approximate surface area is 87.9 Å². The van der Waals surface area contributed by atoms with Gasteiger partial charge in [-0.25, -0.2) is 0 Å². The fraction of sp³-hybridized carbons (Fsp3) is 0. The molecule has 4 nitrogen and oxygen atoms in total. The van der Waals surface area contributed by atoms with Crippen LogP contribution in [0.15, 0.2) is 34.9 Å². The standard InChI is InChI=1S/C9H5BrN2O2/c10-8-5-7(12(13)14)4-6-2-1-3-11-9(6)8/h1-5H. The molecule has 0 saturated carbocycles. The second-order valence-corrected chi connectivity index (χ2v) is 3.61. The number of aromatic nitrogens is 1. The molecule has 70 valence electrons. The van der Waals surface area contributed by atoms with E-state index in [1.165, 1.54) is 12.1 Å². The van der Waals surface area contributed by atoms with E-state index in [-0.39, 0.29) is 5.69 Å². The maximum Gasteiger partial charge on any atom is 0.271 e. The molecular formula is C9H5BrN2O2. The number of non-ortho nitro benzene ring substituents is 1. The molecule has 0 radical (unpaired) electrons. The van der Waals surface area contributed by atoms with Gasteiger partial charge in [0.1, 0.15) is 0 Å². The molecule has 1 aromatic carbocycles. The molecule has 1 heterocycles. The summed E-state index contributed by atoms with van der Waals surface area (Å²) in [4.78, 5) is 14.3. The van der Waals surface area contributed by atoms with Gasteiger partial charge in [-0.3, -0.25) is 15.1 Å². The van der Waals surface area contributed by atoms with E-state index in [4.69, 9.17) is 0 Å². The molecule has 2 aromatic rings. The van der Waals surface area contributed by atoms with E-state index >= 15 is 0 Å². The van der Waals surface area contributed by atoms with E-state index in [1.807, 2.05) is 0 Å². The maximum absolute atomic E-state index is 10.6. The van der Waals surface area contributed by atoms with Crippen LogP contribution in [0.3, 0.4) is 0 Å². The zero-order valence-electron chi connectivity index (χ0n) is 6.98. The molecule has 0 fully saturated rings. The molecule has 0 aliphatic rings. The van der Waals surface area contributed by atoms with Gasteiger partial charge in [-0.05, 0) is 22.0 Å². The minimum Gasteiger partial charge on any atom is -0.258 e. The summed E-state index contributed by atoms with van der Waals surface area (Å²) in [5.74, 6) is 0. The summed E-state index contributed by atoms with van der Waals surface area (Å²) in [5.41, 5.74) is 0.801. The normalized spacial score (nSPS) is 10.4. The fourth-order valence-corrected chi connectivity index (χ4v) is 1.80. The van der Waals surface area contributed by atoms with Crippen LogP contribution in [-0.2, 0) is 0 Å². The Morgan fingerprint density at radius 1 is 1.43 bits per heavy atom. The van der Waals surface area contributed by atoms with E-state index in [9.17, 15) is 10.1 Å². The van der Waals surface area contributed by atoms with Crippen molar-refractivity contribution in [2.24, 2.45) is 0 Å². The first-order valence-electron chi connectivity index (χ1n) is 3.87. The number of hydrogen-bond donors (Lipinski definition) is 0. The largest absolute Gasteiger partial charge is 0.271 e. The number of nitro benzene ring substituents is 1. The number of nitro groups is 1. The van der Waals surface area contributed by atoms with Gasteiger partial charge in [-0.2, -0.15) is 0 Å². The third-order valence-electron chi connectivity index (χ3n) is 1.85. The van der Waals surface area contributed by atoms with Crippen molar-refractivity contribution in [2.45, 2.75) is 0 Å². The van der Waals surface area contributed by atoms with Crippen LogP contribution >= 0.6 is 15.9 Å². The van der Waals surface area contributed by atoms with E-state index in [0.29, 0.717) is 4.47 Å². The van der Waals surface area contributed by atoms with Crippen LogP contribution in [-0.4, -0.2) is 9.91 Å². The van der Waals surface area contributed by atoms with Crippen molar-refractivity contribution in [1.82, 2.24) is 4.98 Å². The Bertz CT molecular complexity index is 513. The zero-order valence-corrected chi connectivity index (χ0v) is 8.56. The summed E-state index contributed by atoms with van der Waals surface area (Å²) in [6.45, 7) is 0. The number of rotatable bonds is 1. The van der Waals surface area contributed by atoms with E-state index in [1.54, 1.807) is 18.3 Å². The van der Waals surface area contributed by atoms with E-state index in [2.05, 4.69) is 20.9 Å². The van der Waals surface area contributed by atoms with E-state index < -0.39 is 4.92 Å². The lowest BCUT2D eigenvalue weighted by molar-refractivity contribution is -0.384. The van der Waals surface area contributed by atoms with Crippen molar-refractivity contribution in [3.8, 4) is 0 Å². The second kappa shape index (κ2) is 3.34. The van der Waals surface area contributed by atoms with Gasteiger partial charge in [0.15, 0.2) is 0 Å². The van der Waals surface area contributed by atoms with Gasteiger partial charge in [-0.15, -0.1) is 0 Å². The van der Waals surface area contributed by atoms with Gasteiger partial charge in [0, 0.05) is 23.7 Å². The third kappa shape index (κ3) is 1.46. The van der Waals surface area contributed by atoms with Gasteiger partial charge in [0.05, 0.1) is 14.9 Å². The minimum atomic E-state index is -0.419. The lowest BCUT2D eigenvalue weighted by atomic mass is 10.2. The van der Waals surface area contributed by atoms with Gasteiger partial charge in [0.2, 0.25) is 0 Å². The van der Waals surface area contributed by atoms with Crippen molar-refractivity contribution in [2.75, 3.05) is 0 Å². The SMILES string of the molecule is O=[N+]([O-])c1cc(Br)c2ncccc2c1. The molecular weight excluding hydrogens is 248 g/mol. The van der Waals surface area contributed by atoms with E-state index in [0.717, 1.165) is 10.9 Å². The van der Waals surface area contributed by atoms with Crippen LogP contribution in [0.2, 0.25) is 0 Å². The number of benzene rings is 1. The number of hydrogen-bond acceptors (Lipinski definition) is 3. The van der Waals surface area contributed by atoms with Crippen molar-refractivity contribution < 1.29 is 4.92 Å². The first-order chi connectivity index (χ1) is 6.68. The summed E-state index contributed by atoms with van der Waals surface area (Å²) >= 11 is 3.25. The summed E-state index contributed by atoms with van der Waals surface area (Å²) in [7, 11) is 0. The fourth-order valence-electron chi connectivity index (χ4n) is 1.24. The molecule has 0 amide bonds. The molecule has 0 atom stereocenters. The Hall–Kier alpha value is -1.49. The van der Waals surface area contributed by atoms with Crippen LogP contribution in [0.25, 0.3) is 10.9 Å². The first-order valence-corrected chi connectivity index (χ1v) is 4.66. The monoisotopic (exact) mass is 252 g/mol. The molecule has 0 spiro atoms. The number of nitrogens with zero attached hydrogens (tertiary/aromatic N) is 2. The van der Waals surface area contributed by atoms with Crippen LogP contribution in [0.1, 0.15) is 0 Å². The molecule has 0 aliphatic carbocycles. The molecule has 0 bridgehead atoms. The number of pyridine rings is 1. The second-order valence-electron chi connectivity index (χ2n) is 2.76. The Morgan fingerprint density at radius 2 is 2.21 bits per heavy atom. The molecule has 0 saturated heterocycles. The van der Waals surface area contributed by atoms with Crippen molar-refractivity contribution in [1.29, 1.82) is 0 Å². The van der Waals surface area contributed by atoms with Crippen LogP contribution in [0.5, 0.6) is 0 Å². The van der Waals surface area contributed by atoms with Gasteiger partial charge < -0.3 is 0 Å². The molecule has 1 aromatic heterocycles. The lowest BCUT2D eigenvalue weighted by Gasteiger charge is -1.98. The Balaban J connectivity index is 2.78. The lowest BCUT2D eigenvalue weighted by Crippen LogP contribution is -1.89. The average Bonchev–Trinajstić information content (AvgIpc) is 2.17.